The highest BCUT2D eigenvalue weighted by Crippen LogP contribution is 2.40. The van der Waals surface area contributed by atoms with Crippen molar-refractivity contribution in [1.29, 1.82) is 0 Å². The number of rotatable bonds is 3. The average molecular weight is 346 g/mol. The molecule has 0 spiro atoms. The van der Waals surface area contributed by atoms with E-state index in [2.05, 4.69) is 21.2 Å². The maximum absolute atomic E-state index is 5.04. The van der Waals surface area contributed by atoms with Gasteiger partial charge < -0.3 is 4.90 Å². The van der Waals surface area contributed by atoms with Crippen LogP contribution in [0.5, 0.6) is 0 Å². The summed E-state index contributed by atoms with van der Waals surface area (Å²) in [6.07, 6.45) is 13.4. The highest BCUT2D eigenvalue weighted by molar-refractivity contribution is 5.62. The zero-order valence-corrected chi connectivity index (χ0v) is 15.0. The van der Waals surface area contributed by atoms with Crippen LogP contribution in [0.15, 0.2) is 36.9 Å². The van der Waals surface area contributed by atoms with Crippen LogP contribution >= 0.6 is 0 Å². The molecule has 3 aromatic heterocycles. The lowest BCUT2D eigenvalue weighted by atomic mass is 10.1. The van der Waals surface area contributed by atoms with Crippen molar-refractivity contribution in [2.75, 3.05) is 11.4 Å². The summed E-state index contributed by atoms with van der Waals surface area (Å²) in [5.41, 5.74) is 4.88. The molecule has 4 heterocycles. The molecule has 0 aromatic carbocycles. The maximum atomic E-state index is 5.04. The number of hydrogen-bond acceptors (Lipinski definition) is 5. The lowest BCUT2D eigenvalue weighted by molar-refractivity contribution is 0.704. The molecule has 1 aliphatic heterocycles. The molecule has 1 fully saturated rings. The van der Waals surface area contributed by atoms with Gasteiger partial charge in [-0.15, -0.1) is 0 Å². The van der Waals surface area contributed by atoms with Crippen molar-refractivity contribution in [3.05, 3.63) is 53.7 Å². The van der Waals surface area contributed by atoms with Gasteiger partial charge in [0.2, 0.25) is 0 Å². The van der Waals surface area contributed by atoms with Crippen LogP contribution in [0.4, 0.5) is 5.82 Å². The number of nitrogens with zero attached hydrogens (tertiary/aromatic N) is 6. The minimum Gasteiger partial charge on any atom is -0.349 e. The van der Waals surface area contributed by atoms with Crippen molar-refractivity contribution in [2.24, 2.45) is 7.05 Å². The maximum Gasteiger partial charge on any atom is 0.161 e. The number of hydrogen-bond donors (Lipinski definition) is 0. The first-order valence-electron chi connectivity index (χ1n) is 9.35. The first kappa shape index (κ1) is 15.5. The van der Waals surface area contributed by atoms with Gasteiger partial charge in [0.05, 0.1) is 12.2 Å². The van der Waals surface area contributed by atoms with Gasteiger partial charge in [0, 0.05) is 54.6 Å². The Bertz CT molecular complexity index is 933. The first-order valence-corrected chi connectivity index (χ1v) is 9.35. The van der Waals surface area contributed by atoms with Gasteiger partial charge in [0.1, 0.15) is 5.82 Å². The molecule has 1 aliphatic carbocycles. The predicted octanol–water partition coefficient (Wildman–Crippen LogP) is 3.10. The van der Waals surface area contributed by atoms with Crippen LogP contribution < -0.4 is 4.90 Å². The van der Waals surface area contributed by atoms with E-state index in [1.54, 1.807) is 12.4 Å². The molecule has 3 aromatic rings. The van der Waals surface area contributed by atoms with Crippen LogP contribution in [0.25, 0.3) is 11.4 Å². The fraction of sp³-hybridized carbons (Fsp3) is 0.400. The molecule has 0 radical (unpaired) electrons. The Morgan fingerprint density at radius 3 is 2.77 bits per heavy atom. The molecule has 5 rings (SSSR count). The van der Waals surface area contributed by atoms with Crippen molar-refractivity contribution in [3.63, 3.8) is 0 Å². The smallest absolute Gasteiger partial charge is 0.161 e. The van der Waals surface area contributed by atoms with E-state index >= 15 is 0 Å². The predicted molar refractivity (Wildman–Crippen MR) is 99.8 cm³/mol. The zero-order valence-electron chi connectivity index (χ0n) is 15.0. The molecule has 0 unspecified atom stereocenters. The molecule has 6 heteroatoms. The molecule has 1 saturated heterocycles. The lowest BCUT2D eigenvalue weighted by Crippen LogP contribution is -2.25. The normalized spacial score (nSPS) is 19.1. The molecular weight excluding hydrogens is 324 g/mol. The Labute approximate surface area is 152 Å². The Hall–Kier alpha value is -2.76. The molecule has 0 N–H and O–H groups in total. The Kier molecular flexibility index (Phi) is 3.69. The largest absolute Gasteiger partial charge is 0.349 e. The molecule has 1 atom stereocenters. The van der Waals surface area contributed by atoms with E-state index in [-0.39, 0.29) is 0 Å². The fourth-order valence-corrected chi connectivity index (χ4v) is 4.26. The monoisotopic (exact) mass is 346 g/mol. The molecule has 26 heavy (non-hydrogen) atoms. The highest BCUT2D eigenvalue weighted by atomic mass is 15.3. The van der Waals surface area contributed by atoms with E-state index < -0.39 is 0 Å². The second-order valence-electron chi connectivity index (χ2n) is 7.18. The molecule has 0 bridgehead atoms. The Balaban J connectivity index is 1.60. The number of fused-ring (bicyclic) bond motifs is 1. The van der Waals surface area contributed by atoms with Gasteiger partial charge in [0.15, 0.2) is 5.82 Å². The zero-order chi connectivity index (χ0) is 17.5. The minimum atomic E-state index is 0.355. The van der Waals surface area contributed by atoms with Crippen molar-refractivity contribution in [2.45, 2.75) is 38.1 Å². The van der Waals surface area contributed by atoms with Gasteiger partial charge in [0.25, 0.3) is 0 Å². The van der Waals surface area contributed by atoms with Crippen molar-refractivity contribution in [1.82, 2.24) is 24.7 Å². The summed E-state index contributed by atoms with van der Waals surface area (Å²) in [7, 11) is 1.98. The second kappa shape index (κ2) is 6.20. The number of aryl methyl sites for hydroxylation is 2. The van der Waals surface area contributed by atoms with E-state index in [9.17, 15) is 0 Å². The van der Waals surface area contributed by atoms with Crippen LogP contribution in [-0.4, -0.2) is 31.3 Å². The molecule has 0 amide bonds. The van der Waals surface area contributed by atoms with Gasteiger partial charge in [-0.1, -0.05) is 0 Å². The van der Waals surface area contributed by atoms with Crippen LogP contribution in [-0.2, 0) is 19.9 Å². The van der Waals surface area contributed by atoms with E-state index in [1.807, 2.05) is 30.1 Å². The van der Waals surface area contributed by atoms with Gasteiger partial charge >= 0.3 is 0 Å². The average Bonchev–Trinajstić information content (AvgIpc) is 3.41. The van der Waals surface area contributed by atoms with Crippen molar-refractivity contribution >= 4 is 5.82 Å². The standard InChI is InChI=1S/C20H22N6/c1-25-13-15(12-22-25)18-6-3-11-26(18)20-16-4-2-5-17(16)23-19(24-20)14-7-9-21-10-8-14/h7-10,12-13,18H,2-6,11H2,1H3/t18-/m0/s1. The quantitative estimate of drug-likeness (QED) is 0.729. The minimum absolute atomic E-state index is 0.355. The van der Waals surface area contributed by atoms with Crippen LogP contribution in [0.1, 0.15) is 42.1 Å². The van der Waals surface area contributed by atoms with Crippen molar-refractivity contribution < 1.29 is 0 Å². The molecular formula is C20H22N6. The van der Waals surface area contributed by atoms with Gasteiger partial charge in [-0.2, -0.15) is 5.10 Å². The first-order chi connectivity index (χ1) is 12.8. The summed E-state index contributed by atoms with van der Waals surface area (Å²) < 4.78 is 1.89. The Morgan fingerprint density at radius 2 is 1.96 bits per heavy atom. The fourth-order valence-electron chi connectivity index (χ4n) is 4.26. The van der Waals surface area contributed by atoms with Gasteiger partial charge in [-0.05, 0) is 44.2 Å². The van der Waals surface area contributed by atoms with E-state index in [1.165, 1.54) is 29.7 Å². The van der Waals surface area contributed by atoms with Crippen LogP contribution in [0, 0.1) is 0 Å². The lowest BCUT2D eigenvalue weighted by Gasteiger charge is -2.27. The number of aromatic nitrogens is 5. The summed E-state index contributed by atoms with van der Waals surface area (Å²) in [5.74, 6) is 1.95. The van der Waals surface area contributed by atoms with Gasteiger partial charge in [-0.25, -0.2) is 9.97 Å². The van der Waals surface area contributed by atoms with Crippen LogP contribution in [0.2, 0.25) is 0 Å². The SMILES string of the molecule is Cn1cc([C@@H]2CCCN2c2nc(-c3ccncc3)nc3c2CCC3)cn1. The Morgan fingerprint density at radius 1 is 1.08 bits per heavy atom. The molecule has 6 nitrogen and oxygen atoms in total. The van der Waals surface area contributed by atoms with E-state index in [0.29, 0.717) is 6.04 Å². The van der Waals surface area contributed by atoms with E-state index in [4.69, 9.17) is 9.97 Å². The van der Waals surface area contributed by atoms with E-state index in [0.717, 1.165) is 43.0 Å². The number of anilines is 1. The third-order valence-electron chi connectivity index (χ3n) is 5.48. The van der Waals surface area contributed by atoms with Crippen molar-refractivity contribution in [3.8, 4) is 11.4 Å². The second-order valence-corrected chi connectivity index (χ2v) is 7.18. The topological polar surface area (TPSA) is 59.7 Å². The molecule has 2 aliphatic rings. The summed E-state index contributed by atoms with van der Waals surface area (Å²) in [5, 5.41) is 4.38. The highest BCUT2D eigenvalue weighted by Gasteiger charge is 2.32. The summed E-state index contributed by atoms with van der Waals surface area (Å²) in [6, 6.07) is 4.33. The van der Waals surface area contributed by atoms with Crippen LogP contribution in [0.3, 0.4) is 0 Å². The summed E-state index contributed by atoms with van der Waals surface area (Å²) >= 11 is 0. The third-order valence-corrected chi connectivity index (χ3v) is 5.48. The summed E-state index contributed by atoms with van der Waals surface area (Å²) in [4.78, 5) is 16.5. The molecule has 132 valence electrons. The third kappa shape index (κ3) is 2.57. The van der Waals surface area contributed by atoms with Gasteiger partial charge in [-0.3, -0.25) is 9.67 Å². The number of pyridine rings is 1. The molecule has 0 saturated carbocycles. The summed E-state index contributed by atoms with van der Waals surface area (Å²) in [6.45, 7) is 1.04.